The molecule has 8 heteroatoms. The van der Waals surface area contributed by atoms with E-state index in [1.165, 1.54) is 14.2 Å². The van der Waals surface area contributed by atoms with Gasteiger partial charge < -0.3 is 18.8 Å². The maximum atomic E-state index is 11.8. The predicted molar refractivity (Wildman–Crippen MR) is 57.2 cm³/mol. The molecule has 0 aliphatic heterocycles. The molecule has 0 amide bonds. The first kappa shape index (κ1) is 15.3. The molecule has 0 spiro atoms. The van der Waals surface area contributed by atoms with Gasteiger partial charge in [0.2, 0.25) is 0 Å². The Hall–Kier alpha value is 0.300. The molecule has 0 unspecified atom stereocenters. The van der Waals surface area contributed by atoms with Crippen LogP contribution in [0.3, 0.4) is 0 Å². The molecule has 0 atom stereocenters. The molecule has 0 bridgehead atoms. The molecule has 2 N–H and O–H groups in total. The second kappa shape index (κ2) is 5.09. The highest BCUT2D eigenvalue weighted by Crippen LogP contribution is 2.54. The third kappa shape index (κ3) is 6.46. The zero-order chi connectivity index (χ0) is 12.3. The second-order valence-corrected chi connectivity index (χ2v) is 8.04. The Labute approximate surface area is 89.7 Å². The molecule has 0 fully saturated rings. The fourth-order valence-electron chi connectivity index (χ4n) is 1.34. The molecule has 0 aliphatic rings. The Morgan fingerprint density at radius 2 is 1.47 bits per heavy atom. The molecule has 0 saturated heterocycles. The smallest absolute Gasteiger partial charge is 0.324 e. The van der Waals surface area contributed by atoms with Crippen molar-refractivity contribution in [2.24, 2.45) is 5.41 Å². The molecule has 0 aliphatic carbocycles. The van der Waals surface area contributed by atoms with Gasteiger partial charge in [-0.2, -0.15) is 0 Å². The first-order valence-electron chi connectivity index (χ1n) is 4.29. The van der Waals surface area contributed by atoms with Gasteiger partial charge in [0.1, 0.15) is 0 Å². The van der Waals surface area contributed by atoms with Crippen LogP contribution in [-0.4, -0.2) is 36.3 Å². The highest BCUT2D eigenvalue weighted by molar-refractivity contribution is 7.54. The van der Waals surface area contributed by atoms with E-state index in [1.54, 1.807) is 13.8 Å². The Balaban J connectivity index is 4.63. The summed E-state index contributed by atoms with van der Waals surface area (Å²) in [6, 6.07) is 0. The predicted octanol–water partition coefficient (Wildman–Crippen LogP) is 1.68. The van der Waals surface area contributed by atoms with Gasteiger partial charge in [-0.05, 0) is 5.41 Å². The van der Waals surface area contributed by atoms with Crippen LogP contribution in [0, 0.1) is 5.41 Å². The standard InChI is InChI=1S/C7H18O6P2/c1-7(2,5-14(8,9)10)6-15(11,12-3)13-4/h5-6H2,1-4H3,(H2,8,9,10). The van der Waals surface area contributed by atoms with Gasteiger partial charge in [-0.25, -0.2) is 0 Å². The topological polar surface area (TPSA) is 93.1 Å². The Kier molecular flexibility index (Phi) is 5.19. The Morgan fingerprint density at radius 1 is 1.07 bits per heavy atom. The number of hydrogen-bond donors (Lipinski definition) is 2. The minimum Gasteiger partial charge on any atom is -0.324 e. The van der Waals surface area contributed by atoms with Crippen LogP contribution in [0.1, 0.15) is 13.8 Å². The van der Waals surface area contributed by atoms with Crippen LogP contribution in [0.4, 0.5) is 0 Å². The lowest BCUT2D eigenvalue weighted by Crippen LogP contribution is -2.23. The fourth-order valence-corrected chi connectivity index (χ4v) is 4.31. The lowest BCUT2D eigenvalue weighted by molar-refractivity contribution is 0.259. The fraction of sp³-hybridized carbons (Fsp3) is 1.00. The minimum absolute atomic E-state index is 0.0297. The first-order valence-corrected chi connectivity index (χ1v) is 7.81. The van der Waals surface area contributed by atoms with Gasteiger partial charge in [0, 0.05) is 14.2 Å². The molecule has 0 aromatic carbocycles. The van der Waals surface area contributed by atoms with Crippen LogP contribution < -0.4 is 0 Å². The van der Waals surface area contributed by atoms with Gasteiger partial charge in [0.15, 0.2) is 0 Å². The lowest BCUT2D eigenvalue weighted by atomic mass is 10.0. The van der Waals surface area contributed by atoms with E-state index < -0.39 is 20.6 Å². The first-order chi connectivity index (χ1) is 6.54. The largest absolute Gasteiger partial charge is 0.330 e. The zero-order valence-corrected chi connectivity index (χ0v) is 11.1. The maximum Gasteiger partial charge on any atom is 0.330 e. The number of hydrogen-bond acceptors (Lipinski definition) is 4. The summed E-state index contributed by atoms with van der Waals surface area (Å²) in [5.74, 6) is 0. The number of rotatable bonds is 6. The molecule has 0 radical (unpaired) electrons. The van der Waals surface area contributed by atoms with E-state index in [-0.39, 0.29) is 12.3 Å². The van der Waals surface area contributed by atoms with Gasteiger partial charge >= 0.3 is 15.2 Å². The molecule has 0 heterocycles. The van der Waals surface area contributed by atoms with Crippen molar-refractivity contribution in [1.29, 1.82) is 0 Å². The lowest BCUT2D eigenvalue weighted by Gasteiger charge is -2.27. The van der Waals surface area contributed by atoms with E-state index in [4.69, 9.17) is 18.8 Å². The van der Waals surface area contributed by atoms with Crippen molar-refractivity contribution in [3.8, 4) is 0 Å². The van der Waals surface area contributed by atoms with Gasteiger partial charge in [-0.3, -0.25) is 9.13 Å². The third-order valence-electron chi connectivity index (χ3n) is 1.81. The third-order valence-corrected chi connectivity index (χ3v) is 5.44. The van der Waals surface area contributed by atoms with E-state index in [1.807, 2.05) is 0 Å². The summed E-state index contributed by atoms with van der Waals surface area (Å²) in [6.45, 7) is 3.22. The minimum atomic E-state index is -4.13. The molecule has 92 valence electrons. The van der Waals surface area contributed by atoms with Crippen molar-refractivity contribution in [3.05, 3.63) is 0 Å². The summed E-state index contributed by atoms with van der Waals surface area (Å²) in [4.78, 5) is 17.7. The van der Waals surface area contributed by atoms with Gasteiger partial charge in [0.05, 0.1) is 12.3 Å². The maximum absolute atomic E-state index is 11.8. The Morgan fingerprint density at radius 3 is 1.73 bits per heavy atom. The van der Waals surface area contributed by atoms with Crippen LogP contribution in [0.2, 0.25) is 0 Å². The van der Waals surface area contributed by atoms with Crippen molar-refractivity contribution >= 4 is 15.2 Å². The highest BCUT2D eigenvalue weighted by atomic mass is 31.2. The molecule has 0 aromatic heterocycles. The normalized spacial score (nSPS) is 14.3. The molecule has 0 aromatic rings. The van der Waals surface area contributed by atoms with Crippen molar-refractivity contribution in [3.63, 3.8) is 0 Å². The van der Waals surface area contributed by atoms with Crippen LogP contribution in [0.15, 0.2) is 0 Å². The highest BCUT2D eigenvalue weighted by Gasteiger charge is 2.36. The summed E-state index contributed by atoms with van der Waals surface area (Å²) in [6.07, 6.45) is -0.380. The van der Waals surface area contributed by atoms with Crippen molar-refractivity contribution in [1.82, 2.24) is 0 Å². The van der Waals surface area contributed by atoms with Gasteiger partial charge in [-0.1, -0.05) is 13.8 Å². The average Bonchev–Trinajstić information content (AvgIpc) is 1.98. The van der Waals surface area contributed by atoms with Crippen molar-refractivity contribution in [2.75, 3.05) is 26.5 Å². The quantitative estimate of drug-likeness (QED) is 0.705. The summed E-state index contributed by atoms with van der Waals surface area (Å²) in [7, 11) is -4.86. The summed E-state index contributed by atoms with van der Waals surface area (Å²) >= 11 is 0. The second-order valence-electron chi connectivity index (χ2n) is 4.12. The van der Waals surface area contributed by atoms with E-state index in [0.29, 0.717) is 0 Å². The Bertz CT molecular complexity index is 286. The average molecular weight is 260 g/mol. The van der Waals surface area contributed by atoms with E-state index in [2.05, 4.69) is 0 Å². The summed E-state index contributed by atoms with van der Waals surface area (Å²) < 4.78 is 32.0. The van der Waals surface area contributed by atoms with Gasteiger partial charge in [0.25, 0.3) is 0 Å². The van der Waals surface area contributed by atoms with Crippen molar-refractivity contribution in [2.45, 2.75) is 13.8 Å². The zero-order valence-electron chi connectivity index (χ0n) is 9.34. The SMILES string of the molecule is COP(=O)(CC(C)(C)CP(=O)(O)O)OC. The van der Waals surface area contributed by atoms with Crippen LogP contribution in [-0.2, 0) is 18.2 Å². The van der Waals surface area contributed by atoms with Crippen LogP contribution >= 0.6 is 15.2 Å². The molecule has 0 rings (SSSR count). The summed E-state index contributed by atoms with van der Waals surface area (Å²) in [5, 5.41) is 0. The molecular formula is C7H18O6P2. The summed E-state index contributed by atoms with van der Waals surface area (Å²) in [5.41, 5.74) is -0.805. The molecule has 15 heavy (non-hydrogen) atoms. The van der Waals surface area contributed by atoms with Gasteiger partial charge in [-0.15, -0.1) is 0 Å². The van der Waals surface area contributed by atoms with E-state index >= 15 is 0 Å². The van der Waals surface area contributed by atoms with Crippen LogP contribution in [0.5, 0.6) is 0 Å². The van der Waals surface area contributed by atoms with Crippen molar-refractivity contribution < 1.29 is 28.0 Å². The molecule has 0 saturated carbocycles. The molecular weight excluding hydrogens is 242 g/mol. The van der Waals surface area contributed by atoms with E-state index in [9.17, 15) is 9.13 Å². The van der Waals surface area contributed by atoms with E-state index in [0.717, 1.165) is 0 Å². The monoisotopic (exact) mass is 260 g/mol. The van der Waals surface area contributed by atoms with Crippen LogP contribution in [0.25, 0.3) is 0 Å². The molecule has 6 nitrogen and oxygen atoms in total.